The molecule has 0 spiro atoms. The van der Waals surface area contributed by atoms with Gasteiger partial charge >= 0.3 is 26.2 Å². The van der Waals surface area contributed by atoms with Gasteiger partial charge in [0.15, 0.2) is 0 Å². The van der Waals surface area contributed by atoms with Crippen LogP contribution in [-0.2, 0) is 26.2 Å². The van der Waals surface area contributed by atoms with Crippen LogP contribution in [0.1, 0.15) is 52.4 Å². The van der Waals surface area contributed by atoms with Crippen LogP contribution < -0.4 is 0 Å². The topological polar surface area (TPSA) is 0 Å². The number of hydrogen-bond donors (Lipinski definition) is 0. The van der Waals surface area contributed by atoms with Crippen molar-refractivity contribution < 1.29 is 35.6 Å². The summed E-state index contributed by atoms with van der Waals surface area (Å²) in [6.07, 6.45) is 22.0. The Kier molecular flexibility index (Phi) is 31.5. The molecular weight excluding hydrogens is 374 g/mol. The van der Waals surface area contributed by atoms with Crippen molar-refractivity contribution in [2.45, 2.75) is 65.5 Å². The zero-order chi connectivity index (χ0) is 14.3. The predicted octanol–water partition coefficient (Wildman–Crippen LogP) is 5.77. The molecule has 0 aliphatic heterocycles. The van der Waals surface area contributed by atoms with E-state index in [1.165, 1.54) is 36.8 Å². The van der Waals surface area contributed by atoms with Crippen LogP contribution in [0.4, 0.5) is 9.41 Å². The first-order valence-corrected chi connectivity index (χ1v) is 9.84. The van der Waals surface area contributed by atoms with Crippen LogP contribution in [-0.4, -0.2) is 9.52 Å². The van der Waals surface area contributed by atoms with Crippen molar-refractivity contribution in [2.75, 3.05) is 0 Å². The van der Waals surface area contributed by atoms with E-state index in [1.54, 1.807) is 0 Å². The summed E-state index contributed by atoms with van der Waals surface area (Å²) < 4.78 is 0. The van der Waals surface area contributed by atoms with E-state index in [9.17, 15) is 0 Å². The van der Waals surface area contributed by atoms with E-state index in [0.29, 0.717) is 0 Å². The van der Waals surface area contributed by atoms with Crippen LogP contribution in [0.15, 0.2) is 35.5 Å². The van der Waals surface area contributed by atoms with Gasteiger partial charge < -0.3 is 0 Å². The number of hydrogen-bond acceptors (Lipinski definition) is 0. The van der Waals surface area contributed by atoms with E-state index in [4.69, 9.17) is 0 Å². The molecule has 2 aliphatic carbocycles. The molecule has 1 radical (unpaired) electrons. The molecule has 125 valence electrons. The maximum absolute atomic E-state index is 3.14. The van der Waals surface area contributed by atoms with Gasteiger partial charge in [-0.3, -0.25) is 21.6 Å². The van der Waals surface area contributed by atoms with Gasteiger partial charge in [-0.15, -0.1) is 12.8 Å². The average Bonchev–Trinajstić information content (AvgIpc) is 3.05. The largest absolute Gasteiger partial charge is 2.00 e. The molecule has 0 N–H and O–H groups in total. The first kappa shape index (κ1) is 29.9. The summed E-state index contributed by atoms with van der Waals surface area (Å²) in [5, 5.41) is 0. The van der Waals surface area contributed by atoms with E-state index in [2.05, 4.69) is 63.4 Å². The number of allylic oxidation sites excluding steroid dienone is 8. The molecule has 0 fully saturated rings. The van der Waals surface area contributed by atoms with Crippen LogP contribution in [0.25, 0.3) is 0 Å². The summed E-state index contributed by atoms with van der Waals surface area (Å²) in [5.74, 6) is 0. The van der Waals surface area contributed by atoms with Crippen LogP contribution in [0.5, 0.6) is 0 Å². The minimum atomic E-state index is 0. The Morgan fingerprint density at radius 3 is 1.36 bits per heavy atom. The molecule has 0 saturated carbocycles. The third-order valence-corrected chi connectivity index (χ3v) is 2.62. The van der Waals surface area contributed by atoms with E-state index in [-0.39, 0.29) is 35.6 Å². The van der Waals surface area contributed by atoms with Crippen LogP contribution in [0.2, 0.25) is 13.1 Å². The van der Waals surface area contributed by atoms with Gasteiger partial charge in [-0.1, -0.05) is 52.6 Å². The molecule has 0 aromatic carbocycles. The summed E-state index contributed by atoms with van der Waals surface area (Å²) in [5.41, 5.74) is 2.93. The zero-order valence-corrected chi connectivity index (χ0v) is 18.1. The Labute approximate surface area is 157 Å². The SMILES string of the molecule is CCCC1=CC[C-]=C1.CCCC1=CC[C-]=C1.C[SiH]C.F.F.[Zr+2]. The molecule has 4 heteroatoms. The van der Waals surface area contributed by atoms with E-state index < -0.39 is 0 Å². The normalized spacial score (nSPS) is 13.1. The molecule has 0 heterocycles. The minimum Gasteiger partial charge on any atom is -0.273 e. The summed E-state index contributed by atoms with van der Waals surface area (Å²) in [7, 11) is 0.750. The molecule has 0 aromatic rings. The summed E-state index contributed by atoms with van der Waals surface area (Å²) >= 11 is 0. The zero-order valence-electron chi connectivity index (χ0n) is 14.4. The van der Waals surface area contributed by atoms with Gasteiger partial charge in [0.2, 0.25) is 0 Å². The van der Waals surface area contributed by atoms with Gasteiger partial charge in [0.25, 0.3) is 0 Å². The molecule has 0 amide bonds. The average molecular weight is 405 g/mol. The van der Waals surface area contributed by atoms with Crippen molar-refractivity contribution in [3.05, 3.63) is 47.6 Å². The van der Waals surface area contributed by atoms with Crippen LogP contribution in [0, 0.1) is 12.2 Å². The maximum Gasteiger partial charge on any atom is 2.00 e. The summed E-state index contributed by atoms with van der Waals surface area (Å²) in [6.45, 7) is 8.82. The Balaban J connectivity index is -0.000000112. The number of halogens is 2. The quantitative estimate of drug-likeness (QED) is 0.412. The molecule has 0 atom stereocenters. The Morgan fingerprint density at radius 2 is 1.18 bits per heavy atom. The van der Waals surface area contributed by atoms with E-state index in [1.807, 2.05) is 0 Å². The van der Waals surface area contributed by atoms with Crippen LogP contribution in [0.3, 0.4) is 0 Å². The van der Waals surface area contributed by atoms with Gasteiger partial charge in [-0.25, -0.2) is 23.3 Å². The Hall–Kier alpha value is -0.0800. The predicted molar refractivity (Wildman–Crippen MR) is 94.7 cm³/mol. The molecule has 0 unspecified atom stereocenters. The number of rotatable bonds is 4. The Morgan fingerprint density at radius 1 is 0.864 bits per heavy atom. The van der Waals surface area contributed by atoms with Gasteiger partial charge in [0, 0.05) is 9.52 Å². The van der Waals surface area contributed by atoms with Gasteiger partial charge in [-0.2, -0.15) is 12.2 Å². The fourth-order valence-electron chi connectivity index (χ4n) is 1.80. The molecule has 0 aromatic heterocycles. The third kappa shape index (κ3) is 18.0. The van der Waals surface area contributed by atoms with Gasteiger partial charge in [0.1, 0.15) is 0 Å². The van der Waals surface area contributed by atoms with Gasteiger partial charge in [0.05, 0.1) is 0 Å². The minimum absolute atomic E-state index is 0. The van der Waals surface area contributed by atoms with E-state index in [0.717, 1.165) is 22.4 Å². The molecule has 0 bridgehead atoms. The molecular formula is C18H31F2SiZr. The second-order valence-corrected chi connectivity index (χ2v) is 5.90. The maximum atomic E-state index is 3.14. The monoisotopic (exact) mass is 403 g/mol. The van der Waals surface area contributed by atoms with Crippen molar-refractivity contribution >= 4 is 9.52 Å². The molecule has 22 heavy (non-hydrogen) atoms. The third-order valence-electron chi connectivity index (χ3n) is 2.62. The smallest absolute Gasteiger partial charge is 0.273 e. The molecule has 0 nitrogen and oxygen atoms in total. The van der Waals surface area contributed by atoms with Crippen LogP contribution >= 0.6 is 0 Å². The first-order chi connectivity index (χ1) is 9.28. The van der Waals surface area contributed by atoms with Crippen molar-refractivity contribution in [2.24, 2.45) is 0 Å². The van der Waals surface area contributed by atoms with Crippen molar-refractivity contribution in [3.8, 4) is 0 Å². The summed E-state index contributed by atoms with van der Waals surface area (Å²) in [4.78, 5) is 0. The molecule has 0 saturated heterocycles. The Bertz CT molecular complexity index is 302. The molecule has 2 rings (SSSR count). The van der Waals surface area contributed by atoms with Crippen molar-refractivity contribution in [1.82, 2.24) is 0 Å². The van der Waals surface area contributed by atoms with E-state index >= 15 is 0 Å². The standard InChI is InChI=1S/2C8H11.C2H7Si.2FH.Zr/c2*1-2-5-8-6-3-4-7-8;1-3-2;;;/h2*6-7H,2-3,5H2,1H3;3H,1-2H3;2*1H;/q2*-1;;;;+2. The van der Waals surface area contributed by atoms with Gasteiger partial charge in [-0.05, 0) is 0 Å². The summed E-state index contributed by atoms with van der Waals surface area (Å²) in [6, 6.07) is 0. The second-order valence-electron chi connectivity index (χ2n) is 4.74. The fourth-order valence-corrected chi connectivity index (χ4v) is 1.80. The van der Waals surface area contributed by atoms with Crippen molar-refractivity contribution in [1.29, 1.82) is 0 Å². The molecule has 2 aliphatic rings. The van der Waals surface area contributed by atoms with Crippen molar-refractivity contribution in [3.63, 3.8) is 0 Å². The fraction of sp³-hybridized carbons (Fsp3) is 0.556. The second kappa shape index (κ2) is 23.2. The first-order valence-electron chi connectivity index (χ1n) is 7.53.